The average Bonchev–Trinajstić information content (AvgIpc) is 2.74. The highest BCUT2D eigenvalue weighted by atomic mass is 35.5. The first-order chi connectivity index (χ1) is 14.8. The second kappa shape index (κ2) is 8.68. The number of para-hydroxylation sites is 1. The molecule has 0 atom stereocenters. The van der Waals surface area contributed by atoms with Gasteiger partial charge in [-0.05, 0) is 30.3 Å². The predicted octanol–water partition coefficient (Wildman–Crippen LogP) is 4.14. The summed E-state index contributed by atoms with van der Waals surface area (Å²) in [6.45, 7) is 2.99. The van der Waals surface area contributed by atoms with Crippen LogP contribution in [0.3, 0.4) is 0 Å². The quantitative estimate of drug-likeness (QED) is 0.614. The summed E-state index contributed by atoms with van der Waals surface area (Å²) in [6, 6.07) is 13.8. The van der Waals surface area contributed by atoms with Gasteiger partial charge in [0, 0.05) is 37.9 Å². The van der Waals surface area contributed by atoms with Crippen LogP contribution in [-0.4, -0.2) is 39.6 Å². The molecule has 1 aliphatic rings. The number of pyridine rings is 1. The fourth-order valence-electron chi connectivity index (χ4n) is 3.44. The Morgan fingerprint density at radius 3 is 2.26 bits per heavy atom. The molecule has 10 heteroatoms. The minimum absolute atomic E-state index is 0.0837. The van der Waals surface area contributed by atoms with Crippen LogP contribution in [0.1, 0.15) is 0 Å². The molecule has 0 radical (unpaired) electrons. The van der Waals surface area contributed by atoms with Crippen molar-refractivity contribution in [1.29, 1.82) is 0 Å². The zero-order chi connectivity index (χ0) is 22.0. The van der Waals surface area contributed by atoms with Gasteiger partial charge < -0.3 is 9.80 Å². The third-order valence-corrected chi connectivity index (χ3v) is 6.65. The van der Waals surface area contributed by atoms with Crippen LogP contribution in [0.5, 0.6) is 0 Å². The Morgan fingerprint density at radius 1 is 0.935 bits per heavy atom. The minimum Gasteiger partial charge on any atom is -0.368 e. The molecule has 31 heavy (non-hydrogen) atoms. The van der Waals surface area contributed by atoms with Crippen LogP contribution in [0.25, 0.3) is 0 Å². The maximum atomic E-state index is 13.9. The Bertz CT molecular complexity index is 1190. The third kappa shape index (κ3) is 4.72. The van der Waals surface area contributed by atoms with E-state index in [-0.39, 0.29) is 10.7 Å². The molecule has 1 N–H and O–H groups in total. The van der Waals surface area contributed by atoms with E-state index >= 15 is 0 Å². The largest absolute Gasteiger partial charge is 0.368 e. The maximum Gasteiger partial charge on any atom is 0.264 e. The molecule has 162 valence electrons. The summed E-state index contributed by atoms with van der Waals surface area (Å²) in [7, 11) is -4.26. The van der Waals surface area contributed by atoms with Crippen molar-refractivity contribution in [3.05, 3.63) is 77.5 Å². The number of benzene rings is 2. The lowest BCUT2D eigenvalue weighted by Crippen LogP contribution is -2.46. The van der Waals surface area contributed by atoms with Crippen LogP contribution in [0.2, 0.25) is 5.02 Å². The molecule has 0 saturated carbocycles. The molecule has 1 fully saturated rings. The predicted molar refractivity (Wildman–Crippen MR) is 117 cm³/mol. The van der Waals surface area contributed by atoms with Gasteiger partial charge >= 0.3 is 0 Å². The Hall–Kier alpha value is -2.91. The standard InChI is InChI=1S/C21H19ClF2N4O2S/c22-18-13-16(26-31(29,30)20-7-6-15(23)12-19(20)24)14-25-21(18)28-10-8-27(9-11-28)17-4-2-1-3-5-17/h1-7,12-14,26H,8-11H2. The SMILES string of the molecule is O=S(=O)(Nc1cnc(N2CCN(c3ccccc3)CC2)c(Cl)c1)c1ccc(F)cc1F. The van der Waals surface area contributed by atoms with Crippen LogP contribution in [0.4, 0.5) is 26.0 Å². The van der Waals surface area contributed by atoms with Crippen LogP contribution >= 0.6 is 11.6 Å². The van der Waals surface area contributed by atoms with E-state index in [0.717, 1.165) is 30.9 Å². The maximum absolute atomic E-state index is 13.9. The number of nitrogens with one attached hydrogen (secondary N) is 1. The van der Waals surface area contributed by atoms with Crippen LogP contribution in [0, 0.1) is 11.6 Å². The van der Waals surface area contributed by atoms with Crippen molar-refractivity contribution < 1.29 is 17.2 Å². The van der Waals surface area contributed by atoms with Gasteiger partial charge in [0.2, 0.25) is 0 Å². The number of rotatable bonds is 5. The van der Waals surface area contributed by atoms with Gasteiger partial charge in [0.1, 0.15) is 22.3 Å². The second-order valence-electron chi connectivity index (χ2n) is 7.02. The molecule has 0 amide bonds. The highest BCUT2D eigenvalue weighted by Crippen LogP contribution is 2.29. The van der Waals surface area contributed by atoms with E-state index in [1.807, 2.05) is 23.1 Å². The number of sulfonamides is 1. The highest BCUT2D eigenvalue weighted by molar-refractivity contribution is 7.92. The van der Waals surface area contributed by atoms with Gasteiger partial charge in [0.05, 0.1) is 16.9 Å². The van der Waals surface area contributed by atoms with Gasteiger partial charge in [-0.2, -0.15) is 0 Å². The van der Waals surface area contributed by atoms with Crippen molar-refractivity contribution in [3.63, 3.8) is 0 Å². The molecule has 0 aliphatic carbocycles. The first-order valence-electron chi connectivity index (χ1n) is 9.52. The van der Waals surface area contributed by atoms with Gasteiger partial charge in [0.25, 0.3) is 10.0 Å². The Labute approximate surface area is 184 Å². The van der Waals surface area contributed by atoms with Gasteiger partial charge in [-0.3, -0.25) is 4.72 Å². The molecule has 3 aromatic rings. The topological polar surface area (TPSA) is 65.5 Å². The van der Waals surface area contributed by atoms with Crippen LogP contribution in [0.15, 0.2) is 65.7 Å². The lowest BCUT2D eigenvalue weighted by molar-refractivity contribution is 0.551. The monoisotopic (exact) mass is 464 g/mol. The lowest BCUT2D eigenvalue weighted by atomic mass is 10.2. The molecule has 0 bridgehead atoms. The van der Waals surface area contributed by atoms with Crippen molar-refractivity contribution in [2.24, 2.45) is 0 Å². The summed E-state index contributed by atoms with van der Waals surface area (Å²) in [5, 5.41) is 0.271. The number of halogens is 3. The van der Waals surface area contributed by atoms with Crippen molar-refractivity contribution in [2.45, 2.75) is 4.90 Å². The molecule has 1 aliphatic heterocycles. The molecule has 1 aromatic heterocycles. The van der Waals surface area contributed by atoms with E-state index in [1.165, 1.54) is 12.3 Å². The van der Waals surface area contributed by atoms with Gasteiger partial charge in [0.15, 0.2) is 0 Å². The summed E-state index contributed by atoms with van der Waals surface area (Å²) in [6.07, 6.45) is 1.32. The molecule has 0 unspecified atom stereocenters. The smallest absolute Gasteiger partial charge is 0.264 e. The van der Waals surface area contributed by atoms with Crippen LogP contribution in [-0.2, 0) is 10.0 Å². The number of nitrogens with zero attached hydrogens (tertiary/aromatic N) is 3. The number of aromatic nitrogens is 1. The van der Waals surface area contributed by atoms with E-state index < -0.39 is 26.6 Å². The number of piperazine rings is 1. The molecule has 0 spiro atoms. The van der Waals surface area contributed by atoms with Crippen molar-refractivity contribution in [3.8, 4) is 0 Å². The van der Waals surface area contributed by atoms with Crippen molar-refractivity contribution in [2.75, 3.05) is 40.7 Å². The average molecular weight is 465 g/mol. The Morgan fingerprint density at radius 2 is 1.61 bits per heavy atom. The van der Waals surface area contributed by atoms with E-state index in [1.54, 1.807) is 0 Å². The minimum atomic E-state index is -4.26. The molecular weight excluding hydrogens is 446 g/mol. The zero-order valence-corrected chi connectivity index (χ0v) is 17.9. The molecule has 4 rings (SSSR count). The fourth-order valence-corrected chi connectivity index (χ4v) is 4.82. The molecule has 2 aromatic carbocycles. The van der Waals surface area contributed by atoms with E-state index in [4.69, 9.17) is 11.6 Å². The first kappa shape index (κ1) is 21.3. The fraction of sp³-hybridized carbons (Fsp3) is 0.190. The summed E-state index contributed by atoms with van der Waals surface area (Å²) < 4.78 is 54.1. The zero-order valence-electron chi connectivity index (χ0n) is 16.3. The summed E-state index contributed by atoms with van der Waals surface area (Å²) in [4.78, 5) is 7.94. The lowest BCUT2D eigenvalue weighted by Gasteiger charge is -2.37. The Balaban J connectivity index is 1.46. The summed E-state index contributed by atoms with van der Waals surface area (Å²) in [5.74, 6) is -1.50. The van der Waals surface area contributed by atoms with Crippen LogP contribution < -0.4 is 14.5 Å². The third-order valence-electron chi connectivity index (χ3n) is 4.96. The Kier molecular flexibility index (Phi) is 5.97. The molecular formula is C21H19ClF2N4O2S. The molecule has 6 nitrogen and oxygen atoms in total. The number of hydrogen-bond donors (Lipinski definition) is 1. The molecule has 2 heterocycles. The van der Waals surface area contributed by atoms with Gasteiger partial charge in [-0.1, -0.05) is 29.8 Å². The van der Waals surface area contributed by atoms with Crippen molar-refractivity contribution >= 4 is 38.8 Å². The first-order valence-corrected chi connectivity index (χ1v) is 11.4. The number of anilines is 3. The summed E-state index contributed by atoms with van der Waals surface area (Å²) >= 11 is 6.37. The second-order valence-corrected chi connectivity index (χ2v) is 9.08. The summed E-state index contributed by atoms with van der Waals surface area (Å²) in [5.41, 5.74) is 1.24. The van der Waals surface area contributed by atoms with E-state index in [2.05, 4.69) is 26.7 Å². The van der Waals surface area contributed by atoms with Gasteiger partial charge in [-0.25, -0.2) is 22.2 Å². The molecule has 1 saturated heterocycles. The van der Waals surface area contributed by atoms with Crippen molar-refractivity contribution in [1.82, 2.24) is 4.98 Å². The van der Waals surface area contributed by atoms with E-state index in [9.17, 15) is 17.2 Å². The number of hydrogen-bond acceptors (Lipinski definition) is 5. The highest BCUT2D eigenvalue weighted by Gasteiger charge is 2.23. The van der Waals surface area contributed by atoms with E-state index in [0.29, 0.717) is 25.0 Å². The normalized spacial score (nSPS) is 14.5. The van der Waals surface area contributed by atoms with Gasteiger partial charge in [-0.15, -0.1) is 0 Å².